The molecule has 2 rings (SSSR count). The van der Waals surface area contributed by atoms with Gasteiger partial charge in [0.05, 0.1) is 0 Å². The molecule has 0 bridgehead atoms. The lowest BCUT2D eigenvalue weighted by molar-refractivity contribution is 0.282. The molecular weight excluding hydrogens is 304 g/mol. The van der Waals surface area contributed by atoms with Crippen LogP contribution in [-0.4, -0.2) is 21.5 Å². The van der Waals surface area contributed by atoms with E-state index < -0.39 is 10.0 Å². The summed E-state index contributed by atoms with van der Waals surface area (Å²) in [6, 6.07) is 0.0930. The molecule has 1 saturated carbocycles. The van der Waals surface area contributed by atoms with Gasteiger partial charge in [-0.15, -0.1) is 11.3 Å². The second-order valence-electron chi connectivity index (χ2n) is 5.88. The van der Waals surface area contributed by atoms with E-state index in [4.69, 9.17) is 0 Å². The van der Waals surface area contributed by atoms with Crippen LogP contribution >= 0.6 is 11.3 Å². The van der Waals surface area contributed by atoms with Crippen LogP contribution in [0.15, 0.2) is 10.3 Å². The highest BCUT2D eigenvalue weighted by molar-refractivity contribution is 7.89. The molecule has 1 aromatic heterocycles. The molecule has 0 saturated heterocycles. The van der Waals surface area contributed by atoms with Gasteiger partial charge in [0.15, 0.2) is 0 Å². The van der Waals surface area contributed by atoms with Gasteiger partial charge in [0.25, 0.3) is 0 Å². The molecule has 0 aliphatic heterocycles. The van der Waals surface area contributed by atoms with Gasteiger partial charge in [-0.25, -0.2) is 13.1 Å². The van der Waals surface area contributed by atoms with Crippen molar-refractivity contribution < 1.29 is 8.42 Å². The molecular formula is C15H26N2O2S2. The summed E-state index contributed by atoms with van der Waals surface area (Å²) in [6.45, 7) is 4.62. The molecule has 0 aromatic carbocycles. The second kappa shape index (κ2) is 7.22. The molecule has 1 aliphatic carbocycles. The van der Waals surface area contributed by atoms with Crippen LogP contribution in [0.25, 0.3) is 0 Å². The Kier molecular flexibility index (Phi) is 5.82. The molecule has 1 aliphatic rings. The van der Waals surface area contributed by atoms with Crippen molar-refractivity contribution in [3.63, 3.8) is 0 Å². The molecule has 120 valence electrons. The summed E-state index contributed by atoms with van der Waals surface area (Å²) in [7, 11) is -1.58. The van der Waals surface area contributed by atoms with Crippen LogP contribution in [-0.2, 0) is 16.6 Å². The van der Waals surface area contributed by atoms with E-state index in [2.05, 4.69) is 17.0 Å². The minimum atomic E-state index is -3.42. The summed E-state index contributed by atoms with van der Waals surface area (Å²) in [5, 5.41) is 4.98. The zero-order chi connectivity index (χ0) is 15.5. The van der Waals surface area contributed by atoms with Gasteiger partial charge in [0, 0.05) is 17.5 Å². The largest absolute Gasteiger partial charge is 0.315 e. The lowest BCUT2D eigenvalue weighted by Gasteiger charge is -2.31. The van der Waals surface area contributed by atoms with E-state index in [0.29, 0.717) is 17.4 Å². The van der Waals surface area contributed by atoms with E-state index in [1.165, 1.54) is 17.8 Å². The van der Waals surface area contributed by atoms with Crippen LogP contribution in [0.4, 0.5) is 0 Å². The maximum absolute atomic E-state index is 12.8. The van der Waals surface area contributed by atoms with Gasteiger partial charge in [0.1, 0.15) is 4.90 Å². The van der Waals surface area contributed by atoms with Gasteiger partial charge in [0.2, 0.25) is 10.0 Å². The summed E-state index contributed by atoms with van der Waals surface area (Å²) in [4.78, 5) is 1.38. The highest BCUT2D eigenvalue weighted by Crippen LogP contribution is 2.31. The molecule has 0 spiro atoms. The van der Waals surface area contributed by atoms with Gasteiger partial charge in [-0.2, -0.15) is 0 Å². The van der Waals surface area contributed by atoms with Crippen LogP contribution < -0.4 is 10.0 Å². The maximum atomic E-state index is 12.8. The fourth-order valence-electron chi connectivity index (χ4n) is 3.24. The van der Waals surface area contributed by atoms with Crippen molar-refractivity contribution in [3.05, 3.63) is 15.8 Å². The number of aryl methyl sites for hydroxylation is 1. The number of hydrogen-bond acceptors (Lipinski definition) is 4. The number of nitrogens with one attached hydrogen (secondary N) is 2. The van der Waals surface area contributed by atoms with Crippen molar-refractivity contribution >= 4 is 21.4 Å². The van der Waals surface area contributed by atoms with Gasteiger partial charge >= 0.3 is 0 Å². The van der Waals surface area contributed by atoms with E-state index in [1.54, 1.807) is 0 Å². The molecule has 21 heavy (non-hydrogen) atoms. The van der Waals surface area contributed by atoms with Gasteiger partial charge < -0.3 is 5.32 Å². The third-order valence-electron chi connectivity index (χ3n) is 4.34. The van der Waals surface area contributed by atoms with Crippen molar-refractivity contribution in [2.24, 2.45) is 5.92 Å². The summed E-state index contributed by atoms with van der Waals surface area (Å²) in [6.07, 6.45) is 5.48. The molecule has 2 unspecified atom stereocenters. The van der Waals surface area contributed by atoms with E-state index in [-0.39, 0.29) is 6.04 Å². The van der Waals surface area contributed by atoms with Crippen LogP contribution in [0, 0.1) is 12.8 Å². The zero-order valence-corrected chi connectivity index (χ0v) is 14.7. The molecule has 4 nitrogen and oxygen atoms in total. The Labute approximate surface area is 132 Å². The van der Waals surface area contributed by atoms with Gasteiger partial charge in [-0.05, 0) is 43.7 Å². The molecule has 2 atom stereocenters. The number of rotatable bonds is 6. The summed E-state index contributed by atoms with van der Waals surface area (Å²) in [5.74, 6) is 0.472. The third kappa shape index (κ3) is 3.86. The Morgan fingerprint density at radius 2 is 2.05 bits per heavy atom. The molecule has 6 heteroatoms. The van der Waals surface area contributed by atoms with E-state index in [1.807, 2.05) is 19.4 Å². The predicted molar refractivity (Wildman–Crippen MR) is 88.2 cm³/mol. The second-order valence-corrected chi connectivity index (χ2v) is 8.50. The van der Waals surface area contributed by atoms with Crippen molar-refractivity contribution in [2.45, 2.75) is 63.4 Å². The van der Waals surface area contributed by atoms with Crippen LogP contribution in [0.1, 0.15) is 49.5 Å². The Hall–Kier alpha value is -0.430. The van der Waals surface area contributed by atoms with Crippen molar-refractivity contribution in [1.82, 2.24) is 10.0 Å². The first-order chi connectivity index (χ1) is 9.99. The average Bonchev–Trinajstić information content (AvgIpc) is 2.81. The molecule has 0 amide bonds. The quantitative estimate of drug-likeness (QED) is 0.843. The minimum Gasteiger partial charge on any atom is -0.315 e. The normalized spacial score (nSPS) is 23.4. The van der Waals surface area contributed by atoms with E-state index >= 15 is 0 Å². The van der Waals surface area contributed by atoms with Crippen LogP contribution in [0.5, 0.6) is 0 Å². The number of sulfonamides is 1. The number of hydrogen-bond donors (Lipinski definition) is 2. The van der Waals surface area contributed by atoms with Gasteiger partial charge in [-0.3, -0.25) is 0 Å². The molecule has 0 radical (unpaired) electrons. The molecule has 1 aromatic rings. The first-order valence-corrected chi connectivity index (χ1v) is 10.1. The highest BCUT2D eigenvalue weighted by atomic mass is 32.2. The smallest absolute Gasteiger partial charge is 0.242 e. The van der Waals surface area contributed by atoms with Crippen molar-refractivity contribution in [3.8, 4) is 0 Å². The SMILES string of the molecule is CCC1CCCCC1NS(=O)(=O)c1c(C)csc1CNC. The monoisotopic (exact) mass is 330 g/mol. The third-order valence-corrected chi connectivity index (χ3v) is 7.29. The lowest BCUT2D eigenvalue weighted by Crippen LogP contribution is -2.42. The minimum absolute atomic E-state index is 0.0930. The molecule has 1 heterocycles. The standard InChI is InChI=1S/C15H26N2O2S2/c1-4-12-7-5-6-8-13(12)17-21(18,19)15-11(2)10-20-14(15)9-16-3/h10,12-13,16-17H,4-9H2,1-3H3. The number of thiophene rings is 1. The Morgan fingerprint density at radius 3 is 2.71 bits per heavy atom. The predicted octanol–water partition coefficient (Wildman–Crippen LogP) is 3.02. The molecule has 2 N–H and O–H groups in total. The first kappa shape index (κ1) is 16.9. The lowest BCUT2D eigenvalue weighted by atomic mass is 9.83. The van der Waals surface area contributed by atoms with Crippen molar-refractivity contribution in [1.29, 1.82) is 0 Å². The molecule has 1 fully saturated rings. The summed E-state index contributed by atoms with van der Waals surface area (Å²) in [5.41, 5.74) is 0.849. The highest BCUT2D eigenvalue weighted by Gasteiger charge is 2.30. The summed E-state index contributed by atoms with van der Waals surface area (Å²) >= 11 is 1.51. The van der Waals surface area contributed by atoms with Crippen molar-refractivity contribution in [2.75, 3.05) is 7.05 Å². The average molecular weight is 331 g/mol. The van der Waals surface area contributed by atoms with Gasteiger partial charge in [-0.1, -0.05) is 26.2 Å². The Bertz CT molecular complexity index is 566. The zero-order valence-electron chi connectivity index (χ0n) is 13.1. The van der Waals surface area contributed by atoms with E-state index in [9.17, 15) is 8.42 Å². The topological polar surface area (TPSA) is 58.2 Å². The fraction of sp³-hybridized carbons (Fsp3) is 0.733. The first-order valence-electron chi connectivity index (χ1n) is 7.73. The summed E-state index contributed by atoms with van der Waals surface area (Å²) < 4.78 is 28.6. The van der Waals surface area contributed by atoms with Crippen LogP contribution in [0.3, 0.4) is 0 Å². The Balaban J connectivity index is 2.23. The fourth-order valence-corrected chi connectivity index (χ4v) is 6.40. The Morgan fingerprint density at radius 1 is 1.33 bits per heavy atom. The maximum Gasteiger partial charge on any atom is 0.242 e. The van der Waals surface area contributed by atoms with Crippen LogP contribution in [0.2, 0.25) is 0 Å². The van der Waals surface area contributed by atoms with E-state index in [0.717, 1.165) is 36.1 Å².